The summed E-state index contributed by atoms with van der Waals surface area (Å²) < 4.78 is 5.78. The molecule has 0 amide bonds. The monoisotopic (exact) mass is 275 g/mol. The van der Waals surface area contributed by atoms with Gasteiger partial charge in [-0.05, 0) is 69.4 Å². The maximum atomic E-state index is 5.78. The number of ether oxygens (including phenoxy) is 1. The Bertz CT molecular complexity index is 354. The number of rotatable bonds is 9. The van der Waals surface area contributed by atoms with E-state index in [9.17, 15) is 0 Å². The molecule has 1 aromatic rings. The van der Waals surface area contributed by atoms with Gasteiger partial charge in [-0.2, -0.15) is 0 Å². The van der Waals surface area contributed by atoms with Gasteiger partial charge in [-0.3, -0.25) is 0 Å². The van der Waals surface area contributed by atoms with Crippen molar-refractivity contribution in [2.24, 2.45) is 0 Å². The van der Waals surface area contributed by atoms with E-state index in [0.29, 0.717) is 0 Å². The summed E-state index contributed by atoms with van der Waals surface area (Å²) in [5, 5.41) is 0. The molecule has 0 atom stereocenters. The van der Waals surface area contributed by atoms with E-state index in [1.165, 1.54) is 63.7 Å². The van der Waals surface area contributed by atoms with Crippen LogP contribution in [0.2, 0.25) is 0 Å². The first-order chi connectivity index (χ1) is 9.88. The molecular formula is C18H29NO. The Morgan fingerprint density at radius 3 is 2.35 bits per heavy atom. The van der Waals surface area contributed by atoms with Gasteiger partial charge in [0.25, 0.3) is 0 Å². The van der Waals surface area contributed by atoms with Crippen molar-refractivity contribution in [1.29, 1.82) is 0 Å². The second-order valence-corrected chi connectivity index (χ2v) is 5.81. The highest BCUT2D eigenvalue weighted by Crippen LogP contribution is 2.14. The number of hydrogen-bond donors (Lipinski definition) is 0. The van der Waals surface area contributed by atoms with Gasteiger partial charge in [0, 0.05) is 0 Å². The van der Waals surface area contributed by atoms with Crippen LogP contribution >= 0.6 is 0 Å². The Morgan fingerprint density at radius 1 is 0.950 bits per heavy atom. The average molecular weight is 275 g/mol. The number of nitrogens with zero attached hydrogens (tertiary/aromatic N) is 1. The molecule has 0 spiro atoms. The first-order valence-electron chi connectivity index (χ1n) is 8.32. The van der Waals surface area contributed by atoms with Crippen LogP contribution in [0.5, 0.6) is 5.75 Å². The molecule has 2 nitrogen and oxygen atoms in total. The minimum Gasteiger partial charge on any atom is -0.494 e. The minimum absolute atomic E-state index is 0.856. The van der Waals surface area contributed by atoms with Crippen LogP contribution in [0.3, 0.4) is 0 Å². The Kier molecular flexibility index (Phi) is 6.93. The molecule has 1 heterocycles. The fourth-order valence-corrected chi connectivity index (χ4v) is 2.81. The number of benzene rings is 1. The van der Waals surface area contributed by atoms with Gasteiger partial charge in [0.05, 0.1) is 6.61 Å². The maximum Gasteiger partial charge on any atom is 0.119 e. The largest absolute Gasteiger partial charge is 0.494 e. The molecule has 2 heteroatoms. The zero-order chi connectivity index (χ0) is 14.0. The summed E-state index contributed by atoms with van der Waals surface area (Å²) in [6, 6.07) is 8.50. The highest BCUT2D eigenvalue weighted by molar-refractivity contribution is 5.27. The summed E-state index contributed by atoms with van der Waals surface area (Å²) >= 11 is 0. The molecule has 0 bridgehead atoms. The molecule has 0 aliphatic carbocycles. The summed E-state index contributed by atoms with van der Waals surface area (Å²) in [7, 11) is 0. The lowest BCUT2D eigenvalue weighted by molar-refractivity contribution is 0.297. The number of likely N-dealkylation sites (tertiary alicyclic amines) is 1. The first kappa shape index (κ1) is 15.4. The molecule has 1 aromatic carbocycles. The van der Waals surface area contributed by atoms with E-state index in [0.717, 1.165) is 18.8 Å². The van der Waals surface area contributed by atoms with Crippen molar-refractivity contribution in [3.05, 3.63) is 29.8 Å². The SMILES string of the molecule is CCc1ccc(OCCCCCCN2CCCC2)cc1. The first-order valence-corrected chi connectivity index (χ1v) is 8.32. The number of unbranched alkanes of at least 4 members (excludes halogenated alkanes) is 3. The van der Waals surface area contributed by atoms with Crippen LogP contribution in [0.1, 0.15) is 51.0 Å². The molecule has 0 saturated carbocycles. The fourth-order valence-electron chi connectivity index (χ4n) is 2.81. The summed E-state index contributed by atoms with van der Waals surface area (Å²) in [5.74, 6) is 1.01. The fraction of sp³-hybridized carbons (Fsp3) is 0.667. The zero-order valence-corrected chi connectivity index (χ0v) is 12.9. The number of hydrogen-bond acceptors (Lipinski definition) is 2. The van der Waals surface area contributed by atoms with Crippen molar-refractivity contribution < 1.29 is 4.74 Å². The van der Waals surface area contributed by atoms with Crippen LogP contribution in [0.15, 0.2) is 24.3 Å². The van der Waals surface area contributed by atoms with E-state index in [-0.39, 0.29) is 0 Å². The molecule has 0 unspecified atom stereocenters. The van der Waals surface area contributed by atoms with Gasteiger partial charge in [-0.25, -0.2) is 0 Å². The third kappa shape index (κ3) is 5.54. The molecular weight excluding hydrogens is 246 g/mol. The molecule has 1 aliphatic rings. The third-order valence-electron chi connectivity index (χ3n) is 4.17. The van der Waals surface area contributed by atoms with Gasteiger partial charge in [-0.15, -0.1) is 0 Å². The molecule has 1 saturated heterocycles. The highest BCUT2D eigenvalue weighted by Gasteiger charge is 2.09. The van der Waals surface area contributed by atoms with E-state index in [1.54, 1.807) is 0 Å². The van der Waals surface area contributed by atoms with Gasteiger partial charge in [0.1, 0.15) is 5.75 Å². The molecule has 2 rings (SSSR count). The minimum atomic E-state index is 0.856. The Hall–Kier alpha value is -1.02. The molecule has 0 radical (unpaired) electrons. The highest BCUT2D eigenvalue weighted by atomic mass is 16.5. The van der Waals surface area contributed by atoms with E-state index >= 15 is 0 Å². The number of aryl methyl sites for hydroxylation is 1. The van der Waals surface area contributed by atoms with Crippen molar-refractivity contribution in [2.45, 2.75) is 51.9 Å². The smallest absolute Gasteiger partial charge is 0.119 e. The summed E-state index contributed by atoms with van der Waals surface area (Å²) in [4.78, 5) is 2.60. The van der Waals surface area contributed by atoms with Crippen molar-refractivity contribution in [3.63, 3.8) is 0 Å². The van der Waals surface area contributed by atoms with Crippen molar-refractivity contribution in [1.82, 2.24) is 4.90 Å². The van der Waals surface area contributed by atoms with Crippen LogP contribution in [0.25, 0.3) is 0 Å². The molecule has 1 fully saturated rings. The molecule has 20 heavy (non-hydrogen) atoms. The molecule has 0 aromatic heterocycles. The quantitative estimate of drug-likeness (QED) is 0.624. The topological polar surface area (TPSA) is 12.5 Å². The van der Waals surface area contributed by atoms with Gasteiger partial charge in [0.2, 0.25) is 0 Å². The third-order valence-corrected chi connectivity index (χ3v) is 4.17. The Morgan fingerprint density at radius 2 is 1.65 bits per heavy atom. The Balaban J connectivity index is 1.46. The van der Waals surface area contributed by atoms with E-state index in [2.05, 4.69) is 36.1 Å². The van der Waals surface area contributed by atoms with Crippen LogP contribution in [-0.2, 0) is 6.42 Å². The van der Waals surface area contributed by atoms with Crippen molar-refractivity contribution in [2.75, 3.05) is 26.2 Å². The zero-order valence-electron chi connectivity index (χ0n) is 12.9. The molecule has 1 aliphatic heterocycles. The van der Waals surface area contributed by atoms with Gasteiger partial charge >= 0.3 is 0 Å². The van der Waals surface area contributed by atoms with Crippen LogP contribution < -0.4 is 4.74 Å². The van der Waals surface area contributed by atoms with Crippen LogP contribution in [-0.4, -0.2) is 31.1 Å². The lowest BCUT2D eigenvalue weighted by Gasteiger charge is -2.13. The standard InChI is InChI=1S/C18H29NO/c1-2-17-9-11-18(12-10-17)20-16-8-4-3-5-13-19-14-6-7-15-19/h9-12H,2-8,13-16H2,1H3. The normalized spacial score (nSPS) is 15.7. The second-order valence-electron chi connectivity index (χ2n) is 5.81. The lowest BCUT2D eigenvalue weighted by Crippen LogP contribution is -2.20. The summed E-state index contributed by atoms with van der Waals surface area (Å²) in [6.07, 6.45) is 9.07. The maximum absolute atomic E-state index is 5.78. The van der Waals surface area contributed by atoms with Gasteiger partial charge in [0.15, 0.2) is 0 Å². The predicted octanol–water partition coefficient (Wildman–Crippen LogP) is 4.28. The lowest BCUT2D eigenvalue weighted by atomic mass is 10.2. The molecule has 112 valence electrons. The average Bonchev–Trinajstić information content (AvgIpc) is 3.00. The molecule has 0 N–H and O–H groups in total. The summed E-state index contributed by atoms with van der Waals surface area (Å²) in [6.45, 7) is 7.00. The van der Waals surface area contributed by atoms with E-state index in [1.807, 2.05) is 0 Å². The summed E-state index contributed by atoms with van der Waals surface area (Å²) in [5.41, 5.74) is 1.37. The second kappa shape index (κ2) is 9.02. The van der Waals surface area contributed by atoms with Gasteiger partial charge < -0.3 is 9.64 Å². The van der Waals surface area contributed by atoms with E-state index < -0.39 is 0 Å². The van der Waals surface area contributed by atoms with Crippen LogP contribution in [0, 0.1) is 0 Å². The van der Waals surface area contributed by atoms with Crippen molar-refractivity contribution >= 4 is 0 Å². The predicted molar refractivity (Wildman–Crippen MR) is 85.5 cm³/mol. The Labute approximate surface area is 124 Å². The van der Waals surface area contributed by atoms with Gasteiger partial charge in [-0.1, -0.05) is 31.9 Å². The van der Waals surface area contributed by atoms with E-state index in [4.69, 9.17) is 4.74 Å². The van der Waals surface area contributed by atoms with Crippen LogP contribution in [0.4, 0.5) is 0 Å². The van der Waals surface area contributed by atoms with Crippen molar-refractivity contribution in [3.8, 4) is 5.75 Å².